The number of unbranched alkanes of at least 4 members (excludes halogenated alkanes) is 21. The molecule has 360 valence electrons. The Morgan fingerprint density at radius 1 is 0.333 bits per heavy atom. The Bertz CT molecular complexity index is 1240. The maximum absolute atomic E-state index is 12.8. The molecule has 0 saturated carbocycles. The van der Waals surface area contributed by atoms with Crippen LogP contribution >= 0.6 is 0 Å². The summed E-state index contributed by atoms with van der Waals surface area (Å²) in [6.07, 6.45) is 65.8. The Hall–Kier alpha value is -3.41. The zero-order valence-electron chi connectivity index (χ0n) is 41.1. The Labute approximate surface area is 388 Å². The Morgan fingerprint density at radius 2 is 0.651 bits per heavy atom. The first kappa shape index (κ1) is 59.6. The third-order valence-corrected chi connectivity index (χ3v) is 10.9. The van der Waals surface area contributed by atoms with E-state index in [0.29, 0.717) is 19.3 Å². The molecule has 0 aliphatic heterocycles. The van der Waals surface area contributed by atoms with Gasteiger partial charge in [-0.1, -0.05) is 202 Å². The van der Waals surface area contributed by atoms with Crippen LogP contribution < -0.4 is 0 Å². The Balaban J connectivity index is 4.49. The van der Waals surface area contributed by atoms with Crippen LogP contribution in [0.3, 0.4) is 0 Å². The van der Waals surface area contributed by atoms with Crippen LogP contribution in [0.1, 0.15) is 239 Å². The maximum atomic E-state index is 12.8. The van der Waals surface area contributed by atoms with Crippen molar-refractivity contribution < 1.29 is 28.6 Å². The first-order chi connectivity index (χ1) is 31.0. The van der Waals surface area contributed by atoms with Gasteiger partial charge in [0.15, 0.2) is 6.10 Å². The van der Waals surface area contributed by atoms with Crippen molar-refractivity contribution in [3.8, 4) is 0 Å². The van der Waals surface area contributed by atoms with Gasteiger partial charge in [0.25, 0.3) is 0 Å². The lowest BCUT2D eigenvalue weighted by Gasteiger charge is -2.18. The van der Waals surface area contributed by atoms with Crippen LogP contribution in [-0.4, -0.2) is 37.2 Å². The minimum absolute atomic E-state index is 0.111. The maximum Gasteiger partial charge on any atom is 0.306 e. The molecular formula is C57H96O6. The van der Waals surface area contributed by atoms with E-state index in [0.717, 1.165) is 83.5 Å². The first-order valence-electron chi connectivity index (χ1n) is 26.1. The molecule has 0 radical (unpaired) electrons. The number of hydrogen-bond acceptors (Lipinski definition) is 6. The molecule has 0 bridgehead atoms. The molecule has 63 heavy (non-hydrogen) atoms. The first-order valence-corrected chi connectivity index (χ1v) is 26.1. The molecule has 0 aromatic rings. The van der Waals surface area contributed by atoms with Crippen molar-refractivity contribution in [3.05, 3.63) is 85.1 Å². The molecule has 1 unspecified atom stereocenters. The van der Waals surface area contributed by atoms with Crippen LogP contribution in [-0.2, 0) is 28.6 Å². The summed E-state index contributed by atoms with van der Waals surface area (Å²) < 4.78 is 16.7. The normalized spacial score (nSPS) is 12.7. The highest BCUT2D eigenvalue weighted by Crippen LogP contribution is 2.13. The number of ether oxygens (including phenoxy) is 3. The molecule has 0 spiro atoms. The number of carbonyl (C=O) groups is 3. The molecule has 6 nitrogen and oxygen atoms in total. The van der Waals surface area contributed by atoms with E-state index in [4.69, 9.17) is 14.2 Å². The number of esters is 3. The number of hydrogen-bond donors (Lipinski definition) is 0. The van der Waals surface area contributed by atoms with E-state index in [-0.39, 0.29) is 31.6 Å². The van der Waals surface area contributed by atoms with E-state index in [1.54, 1.807) is 0 Å². The molecule has 0 aliphatic rings. The van der Waals surface area contributed by atoms with Crippen LogP contribution in [0.25, 0.3) is 0 Å². The average molecular weight is 877 g/mol. The number of rotatable bonds is 46. The van der Waals surface area contributed by atoms with Crippen molar-refractivity contribution in [2.75, 3.05) is 13.2 Å². The van der Waals surface area contributed by atoms with Gasteiger partial charge >= 0.3 is 17.9 Å². The van der Waals surface area contributed by atoms with Gasteiger partial charge in [0.1, 0.15) is 13.2 Å². The standard InChI is InChI=1S/C57H96O6/c1-4-7-10-13-16-19-22-25-27-29-31-32-35-38-41-44-47-50-56(59)62-53-54(52-61-55(58)49-46-43-40-37-34-24-21-18-15-12-9-6-3)63-57(60)51-48-45-42-39-36-33-30-28-26-23-20-17-14-11-8-5-2/h8,11,17-18,20-21,25-28,33,36,42,45,54H,4-7,9-10,12-16,19,22-24,29-32,34-35,37-41,43-44,46-53H2,1-3H3/b11-8-,20-17-,21-18-,27-25-,28-26-,36-33-,45-42-. The average Bonchev–Trinajstić information content (AvgIpc) is 3.28. The highest BCUT2D eigenvalue weighted by molar-refractivity contribution is 5.71. The number of allylic oxidation sites excluding steroid dienone is 14. The van der Waals surface area contributed by atoms with Gasteiger partial charge in [0, 0.05) is 19.3 Å². The lowest BCUT2D eigenvalue weighted by Crippen LogP contribution is -2.30. The summed E-state index contributed by atoms with van der Waals surface area (Å²) in [6.45, 7) is 6.42. The molecule has 6 heteroatoms. The molecular weight excluding hydrogens is 781 g/mol. The lowest BCUT2D eigenvalue weighted by atomic mass is 10.1. The second-order valence-corrected chi connectivity index (χ2v) is 17.0. The van der Waals surface area contributed by atoms with Gasteiger partial charge in [-0.25, -0.2) is 0 Å². The van der Waals surface area contributed by atoms with E-state index < -0.39 is 12.1 Å². The predicted octanol–water partition coefficient (Wildman–Crippen LogP) is 17.2. The van der Waals surface area contributed by atoms with Gasteiger partial charge in [-0.2, -0.15) is 0 Å². The summed E-state index contributed by atoms with van der Waals surface area (Å²) in [4.78, 5) is 37.9. The van der Waals surface area contributed by atoms with Crippen LogP contribution in [0.5, 0.6) is 0 Å². The third kappa shape index (κ3) is 49.5. The Kier molecular flexibility index (Phi) is 48.5. The van der Waals surface area contributed by atoms with Crippen molar-refractivity contribution in [2.45, 2.75) is 245 Å². The van der Waals surface area contributed by atoms with Gasteiger partial charge in [0.2, 0.25) is 0 Å². The van der Waals surface area contributed by atoms with Crippen LogP contribution in [0, 0.1) is 0 Å². The minimum atomic E-state index is -0.820. The van der Waals surface area contributed by atoms with Gasteiger partial charge in [-0.3, -0.25) is 14.4 Å². The molecule has 0 fully saturated rings. The molecule has 0 N–H and O–H groups in total. The topological polar surface area (TPSA) is 78.9 Å². The second-order valence-electron chi connectivity index (χ2n) is 17.0. The van der Waals surface area contributed by atoms with Crippen molar-refractivity contribution in [3.63, 3.8) is 0 Å². The zero-order chi connectivity index (χ0) is 45.8. The fraction of sp³-hybridized carbons (Fsp3) is 0.702. The third-order valence-electron chi connectivity index (χ3n) is 10.9. The van der Waals surface area contributed by atoms with Crippen molar-refractivity contribution in [1.29, 1.82) is 0 Å². The minimum Gasteiger partial charge on any atom is -0.462 e. The van der Waals surface area contributed by atoms with E-state index in [9.17, 15) is 14.4 Å². The summed E-state index contributed by atoms with van der Waals surface area (Å²) in [5.41, 5.74) is 0. The summed E-state index contributed by atoms with van der Waals surface area (Å²) in [5, 5.41) is 0. The zero-order valence-corrected chi connectivity index (χ0v) is 41.1. The summed E-state index contributed by atoms with van der Waals surface area (Å²) in [5.74, 6) is -1.01. The molecule has 0 amide bonds. The molecule has 0 aromatic heterocycles. The lowest BCUT2D eigenvalue weighted by molar-refractivity contribution is -0.166. The summed E-state index contributed by atoms with van der Waals surface area (Å²) in [7, 11) is 0. The molecule has 0 saturated heterocycles. The summed E-state index contributed by atoms with van der Waals surface area (Å²) in [6, 6.07) is 0. The molecule has 0 rings (SSSR count). The molecule has 0 heterocycles. The van der Waals surface area contributed by atoms with Gasteiger partial charge < -0.3 is 14.2 Å². The van der Waals surface area contributed by atoms with Crippen molar-refractivity contribution in [2.24, 2.45) is 0 Å². The highest BCUT2D eigenvalue weighted by atomic mass is 16.6. The fourth-order valence-electron chi connectivity index (χ4n) is 6.95. The van der Waals surface area contributed by atoms with E-state index >= 15 is 0 Å². The largest absolute Gasteiger partial charge is 0.462 e. The van der Waals surface area contributed by atoms with Crippen LogP contribution in [0.15, 0.2) is 85.1 Å². The predicted molar refractivity (Wildman–Crippen MR) is 270 cm³/mol. The highest BCUT2D eigenvalue weighted by Gasteiger charge is 2.19. The SMILES string of the molecule is CC/C=C\C/C=C\C/C=C\C/C=C\C/C=C\CCC(=O)OC(COC(=O)CCCCCCC/C=C\CCCCC)COC(=O)CCCCCCCCC/C=C\CCCCCCCC. The van der Waals surface area contributed by atoms with Gasteiger partial charge in [0.05, 0.1) is 0 Å². The fourth-order valence-corrected chi connectivity index (χ4v) is 6.95. The molecule has 1 atom stereocenters. The molecule has 0 aliphatic carbocycles. The number of carbonyl (C=O) groups excluding carboxylic acids is 3. The van der Waals surface area contributed by atoms with Crippen LogP contribution in [0.2, 0.25) is 0 Å². The van der Waals surface area contributed by atoms with Crippen LogP contribution in [0.4, 0.5) is 0 Å². The van der Waals surface area contributed by atoms with Gasteiger partial charge in [-0.05, 0) is 103 Å². The smallest absolute Gasteiger partial charge is 0.306 e. The van der Waals surface area contributed by atoms with Gasteiger partial charge in [-0.15, -0.1) is 0 Å². The van der Waals surface area contributed by atoms with E-state index in [2.05, 4.69) is 93.7 Å². The Morgan fingerprint density at radius 3 is 1.06 bits per heavy atom. The summed E-state index contributed by atoms with van der Waals surface area (Å²) >= 11 is 0. The van der Waals surface area contributed by atoms with E-state index in [1.807, 2.05) is 12.2 Å². The second kappa shape index (κ2) is 51.2. The quantitative estimate of drug-likeness (QED) is 0.0262. The monoisotopic (exact) mass is 877 g/mol. The van der Waals surface area contributed by atoms with E-state index in [1.165, 1.54) is 109 Å². The van der Waals surface area contributed by atoms with Crippen molar-refractivity contribution in [1.82, 2.24) is 0 Å². The molecule has 0 aromatic carbocycles. The van der Waals surface area contributed by atoms with Crippen molar-refractivity contribution >= 4 is 17.9 Å².